The van der Waals surface area contributed by atoms with E-state index in [2.05, 4.69) is 25.0 Å². The van der Waals surface area contributed by atoms with Crippen molar-refractivity contribution < 1.29 is 4.79 Å². The quantitative estimate of drug-likeness (QED) is 0.595. The Labute approximate surface area is 143 Å². The number of H-pyrrole nitrogens is 1. The largest absolute Gasteiger partial charge is 0.364 e. The number of carbonyl (C=O) groups excluding carboxylic acids is 1. The summed E-state index contributed by atoms with van der Waals surface area (Å²) < 4.78 is 1.87. The number of amides is 1. The van der Waals surface area contributed by atoms with Crippen molar-refractivity contribution in [2.75, 3.05) is 0 Å². The van der Waals surface area contributed by atoms with Gasteiger partial charge in [0.25, 0.3) is 5.91 Å². The molecule has 0 fully saturated rings. The first kappa shape index (κ1) is 15.3. The SMILES string of the molecule is CCn1nc(C)cc1-c1ncc2c(n1)[nH]c1c(C)nc(C(N)=O)cc12. The minimum Gasteiger partial charge on any atom is -0.364 e. The van der Waals surface area contributed by atoms with Gasteiger partial charge in [0.1, 0.15) is 17.0 Å². The molecule has 8 nitrogen and oxygen atoms in total. The van der Waals surface area contributed by atoms with Crippen LogP contribution < -0.4 is 5.73 Å². The number of nitrogens with zero attached hydrogens (tertiary/aromatic N) is 5. The summed E-state index contributed by atoms with van der Waals surface area (Å²) in [6, 6.07) is 3.64. The standard InChI is InChI=1S/C17H17N7O/c1-4-24-13(5-8(2)23-24)17-19-7-11-10-6-12(15(18)25)20-9(3)14(10)21-16(11)22-17/h5-7H,4H2,1-3H3,(H2,18,25)(H,19,21,22). The number of nitrogens with one attached hydrogen (secondary N) is 1. The van der Waals surface area contributed by atoms with Crippen molar-refractivity contribution in [3.05, 3.63) is 35.4 Å². The predicted molar refractivity (Wildman–Crippen MR) is 94.1 cm³/mol. The van der Waals surface area contributed by atoms with Gasteiger partial charge in [-0.2, -0.15) is 5.10 Å². The van der Waals surface area contributed by atoms with Crippen molar-refractivity contribution in [3.8, 4) is 11.5 Å². The molecule has 1 amide bonds. The van der Waals surface area contributed by atoms with Gasteiger partial charge in [0, 0.05) is 23.5 Å². The summed E-state index contributed by atoms with van der Waals surface area (Å²) >= 11 is 0. The zero-order chi connectivity index (χ0) is 17.7. The summed E-state index contributed by atoms with van der Waals surface area (Å²) in [6.45, 7) is 6.53. The third kappa shape index (κ3) is 2.34. The summed E-state index contributed by atoms with van der Waals surface area (Å²) in [6.07, 6.45) is 1.75. The molecule has 0 unspecified atom stereocenters. The van der Waals surface area contributed by atoms with Crippen LogP contribution >= 0.6 is 0 Å². The fourth-order valence-corrected chi connectivity index (χ4v) is 3.05. The van der Waals surface area contributed by atoms with E-state index in [1.807, 2.05) is 31.5 Å². The zero-order valence-electron chi connectivity index (χ0n) is 14.2. The summed E-state index contributed by atoms with van der Waals surface area (Å²) in [4.78, 5) is 28.1. The lowest BCUT2D eigenvalue weighted by molar-refractivity contribution is 0.0995. The van der Waals surface area contributed by atoms with E-state index < -0.39 is 5.91 Å². The molecule has 4 heterocycles. The van der Waals surface area contributed by atoms with E-state index >= 15 is 0 Å². The molecule has 0 bridgehead atoms. The van der Waals surface area contributed by atoms with Crippen molar-refractivity contribution in [1.29, 1.82) is 0 Å². The number of nitrogens with two attached hydrogens (primary N) is 1. The van der Waals surface area contributed by atoms with Crippen LogP contribution in [-0.4, -0.2) is 35.6 Å². The lowest BCUT2D eigenvalue weighted by atomic mass is 10.2. The number of aromatic nitrogens is 6. The summed E-state index contributed by atoms with van der Waals surface area (Å²) in [5, 5.41) is 6.10. The van der Waals surface area contributed by atoms with Crippen LogP contribution in [0.5, 0.6) is 0 Å². The van der Waals surface area contributed by atoms with E-state index in [1.54, 1.807) is 12.3 Å². The van der Waals surface area contributed by atoms with Gasteiger partial charge in [-0.15, -0.1) is 0 Å². The number of aryl methyl sites for hydroxylation is 3. The molecule has 0 aromatic carbocycles. The van der Waals surface area contributed by atoms with Gasteiger partial charge in [0.05, 0.1) is 16.9 Å². The normalized spacial score (nSPS) is 11.5. The zero-order valence-corrected chi connectivity index (χ0v) is 14.2. The number of rotatable bonds is 3. The third-order valence-corrected chi connectivity index (χ3v) is 4.21. The first-order valence-electron chi connectivity index (χ1n) is 7.98. The maximum Gasteiger partial charge on any atom is 0.267 e. The Morgan fingerprint density at radius 2 is 2.04 bits per heavy atom. The van der Waals surface area contributed by atoms with Gasteiger partial charge in [-0.05, 0) is 32.9 Å². The molecule has 0 saturated heterocycles. The number of fused-ring (bicyclic) bond motifs is 3. The highest BCUT2D eigenvalue weighted by Gasteiger charge is 2.15. The van der Waals surface area contributed by atoms with Gasteiger partial charge in [0.2, 0.25) is 0 Å². The molecule has 0 aliphatic heterocycles. The van der Waals surface area contributed by atoms with Gasteiger partial charge in [-0.1, -0.05) is 0 Å². The number of hydrogen-bond donors (Lipinski definition) is 2. The lowest BCUT2D eigenvalue weighted by Gasteiger charge is -2.02. The first-order valence-corrected chi connectivity index (χ1v) is 7.98. The summed E-state index contributed by atoms with van der Waals surface area (Å²) in [5.74, 6) is 0.0430. The molecular weight excluding hydrogens is 318 g/mol. The van der Waals surface area contributed by atoms with Crippen LogP contribution in [0.4, 0.5) is 0 Å². The molecule has 8 heteroatoms. The smallest absolute Gasteiger partial charge is 0.267 e. The average Bonchev–Trinajstić information content (AvgIpc) is 3.14. The second-order valence-corrected chi connectivity index (χ2v) is 5.95. The Kier molecular flexibility index (Phi) is 3.28. The molecule has 0 aliphatic carbocycles. The van der Waals surface area contributed by atoms with Crippen LogP contribution in [0.25, 0.3) is 33.5 Å². The molecule has 0 spiro atoms. The summed E-state index contributed by atoms with van der Waals surface area (Å²) in [7, 11) is 0. The molecular formula is C17H17N7O. The van der Waals surface area contributed by atoms with Crippen molar-refractivity contribution in [3.63, 3.8) is 0 Å². The highest BCUT2D eigenvalue weighted by atomic mass is 16.1. The molecule has 4 aromatic heterocycles. The maximum atomic E-state index is 11.5. The number of hydrogen-bond acceptors (Lipinski definition) is 5. The van der Waals surface area contributed by atoms with E-state index in [9.17, 15) is 4.79 Å². The number of primary amides is 1. The minimum atomic E-state index is -0.556. The van der Waals surface area contributed by atoms with Crippen LogP contribution in [0.1, 0.15) is 28.8 Å². The molecule has 0 radical (unpaired) electrons. The van der Waals surface area contributed by atoms with Gasteiger partial charge < -0.3 is 10.7 Å². The van der Waals surface area contributed by atoms with Gasteiger partial charge in [-0.3, -0.25) is 9.48 Å². The number of aromatic amines is 1. The van der Waals surface area contributed by atoms with Crippen LogP contribution in [0, 0.1) is 13.8 Å². The average molecular weight is 335 g/mol. The first-order chi connectivity index (χ1) is 12.0. The van der Waals surface area contributed by atoms with Crippen molar-refractivity contribution in [1.82, 2.24) is 29.7 Å². The Hall–Kier alpha value is -3.29. The van der Waals surface area contributed by atoms with Crippen molar-refractivity contribution in [2.45, 2.75) is 27.3 Å². The molecule has 126 valence electrons. The van der Waals surface area contributed by atoms with Crippen LogP contribution in [-0.2, 0) is 6.54 Å². The van der Waals surface area contributed by atoms with Crippen molar-refractivity contribution in [2.24, 2.45) is 5.73 Å². The van der Waals surface area contributed by atoms with E-state index in [1.165, 1.54) is 0 Å². The van der Waals surface area contributed by atoms with Crippen LogP contribution in [0.2, 0.25) is 0 Å². The van der Waals surface area contributed by atoms with Gasteiger partial charge in [-0.25, -0.2) is 15.0 Å². The van der Waals surface area contributed by atoms with Crippen LogP contribution in [0.3, 0.4) is 0 Å². The molecule has 4 aromatic rings. The van der Waals surface area contributed by atoms with Gasteiger partial charge >= 0.3 is 0 Å². The van der Waals surface area contributed by atoms with E-state index in [-0.39, 0.29) is 5.69 Å². The molecule has 0 aliphatic rings. The predicted octanol–water partition coefficient (Wildman–Crippen LogP) is 2.11. The highest BCUT2D eigenvalue weighted by Crippen LogP contribution is 2.27. The Balaban J connectivity index is 1.96. The van der Waals surface area contributed by atoms with Gasteiger partial charge in [0.15, 0.2) is 5.82 Å². The monoisotopic (exact) mass is 335 g/mol. The van der Waals surface area contributed by atoms with E-state index in [0.29, 0.717) is 17.2 Å². The molecule has 3 N–H and O–H groups in total. The molecule has 0 saturated carbocycles. The van der Waals surface area contributed by atoms with E-state index in [0.717, 1.165) is 34.2 Å². The van der Waals surface area contributed by atoms with Crippen molar-refractivity contribution >= 4 is 27.8 Å². The highest BCUT2D eigenvalue weighted by molar-refractivity contribution is 6.08. The summed E-state index contributed by atoms with van der Waals surface area (Å²) in [5.41, 5.74) is 9.60. The number of pyridine rings is 1. The van der Waals surface area contributed by atoms with Crippen LogP contribution in [0.15, 0.2) is 18.3 Å². The fraction of sp³-hybridized carbons (Fsp3) is 0.235. The second kappa shape index (κ2) is 5.37. The second-order valence-electron chi connectivity index (χ2n) is 5.95. The maximum absolute atomic E-state index is 11.5. The fourth-order valence-electron chi connectivity index (χ4n) is 3.05. The Morgan fingerprint density at radius 3 is 2.76 bits per heavy atom. The Bertz CT molecular complexity index is 1140. The van der Waals surface area contributed by atoms with E-state index in [4.69, 9.17) is 5.73 Å². The molecule has 4 rings (SSSR count). The Morgan fingerprint density at radius 1 is 1.24 bits per heavy atom. The molecule has 0 atom stereocenters. The lowest BCUT2D eigenvalue weighted by Crippen LogP contribution is -2.13. The minimum absolute atomic E-state index is 0.231. The third-order valence-electron chi connectivity index (χ3n) is 4.21. The number of carbonyl (C=O) groups is 1. The topological polar surface area (TPSA) is 115 Å². The molecule has 25 heavy (non-hydrogen) atoms.